The van der Waals surface area contributed by atoms with Crippen molar-refractivity contribution in [2.45, 2.75) is 26.2 Å². The number of thiophene rings is 1. The molecule has 0 amide bonds. The van der Waals surface area contributed by atoms with Gasteiger partial charge in [-0.25, -0.2) is 4.99 Å². The van der Waals surface area contributed by atoms with Crippen LogP contribution in [-0.4, -0.2) is 11.3 Å². The van der Waals surface area contributed by atoms with Gasteiger partial charge in [0.2, 0.25) is 0 Å². The van der Waals surface area contributed by atoms with Crippen LogP contribution in [0.15, 0.2) is 29.3 Å². The largest absolute Gasteiger partial charge is 0.508 e. The molecule has 0 unspecified atom stereocenters. The summed E-state index contributed by atoms with van der Waals surface area (Å²) < 4.78 is 0. The van der Waals surface area contributed by atoms with Gasteiger partial charge in [-0.2, -0.15) is 5.26 Å². The Morgan fingerprint density at radius 3 is 2.86 bits per heavy atom. The first-order chi connectivity index (χ1) is 10.2. The normalized spacial score (nSPS) is 17.6. The predicted molar refractivity (Wildman–Crippen MR) is 85.6 cm³/mol. The van der Waals surface area contributed by atoms with E-state index in [1.807, 2.05) is 0 Å². The first-order valence-corrected chi connectivity index (χ1v) is 7.86. The minimum atomic E-state index is 0.241. The molecule has 1 aromatic heterocycles. The zero-order chi connectivity index (χ0) is 14.8. The molecule has 4 heteroatoms. The summed E-state index contributed by atoms with van der Waals surface area (Å²) in [5, 5.41) is 19.5. The fourth-order valence-electron chi connectivity index (χ4n) is 2.64. The number of hydrogen-bond donors (Lipinski definition) is 1. The van der Waals surface area contributed by atoms with E-state index in [1.54, 1.807) is 41.8 Å². The fraction of sp³-hybridized carbons (Fsp3) is 0.294. The second-order valence-corrected chi connectivity index (χ2v) is 6.58. The Kier molecular flexibility index (Phi) is 3.76. The number of aliphatic imine (C=N–C) groups is 1. The van der Waals surface area contributed by atoms with Crippen LogP contribution in [0.3, 0.4) is 0 Å². The summed E-state index contributed by atoms with van der Waals surface area (Å²) in [5.74, 6) is 0.932. The summed E-state index contributed by atoms with van der Waals surface area (Å²) in [6.07, 6.45) is 4.95. The lowest BCUT2D eigenvalue weighted by Gasteiger charge is -2.17. The van der Waals surface area contributed by atoms with Crippen LogP contribution in [0.25, 0.3) is 0 Å². The topological polar surface area (TPSA) is 56.4 Å². The Balaban J connectivity index is 1.92. The van der Waals surface area contributed by atoms with E-state index in [4.69, 9.17) is 0 Å². The van der Waals surface area contributed by atoms with E-state index in [2.05, 4.69) is 18.0 Å². The molecule has 3 rings (SSSR count). The van der Waals surface area contributed by atoms with E-state index in [0.717, 1.165) is 35.4 Å². The average molecular weight is 296 g/mol. The first kappa shape index (κ1) is 13.8. The third kappa shape index (κ3) is 2.84. The van der Waals surface area contributed by atoms with Gasteiger partial charge in [-0.05, 0) is 60.6 Å². The van der Waals surface area contributed by atoms with Gasteiger partial charge in [0.15, 0.2) is 0 Å². The van der Waals surface area contributed by atoms with Crippen molar-refractivity contribution < 1.29 is 5.11 Å². The molecule has 2 aromatic rings. The molecule has 0 saturated heterocycles. The number of phenols is 1. The molecule has 0 fully saturated rings. The highest BCUT2D eigenvalue weighted by atomic mass is 32.1. The van der Waals surface area contributed by atoms with Crippen LogP contribution < -0.4 is 0 Å². The monoisotopic (exact) mass is 296 g/mol. The van der Waals surface area contributed by atoms with Crippen molar-refractivity contribution >= 4 is 22.6 Å². The Hall–Kier alpha value is -2.12. The lowest BCUT2D eigenvalue weighted by Crippen LogP contribution is -2.09. The lowest BCUT2D eigenvalue weighted by atomic mass is 9.89. The molecule has 21 heavy (non-hydrogen) atoms. The molecule has 0 aliphatic heterocycles. The molecule has 1 N–H and O–H groups in total. The molecule has 1 heterocycles. The standard InChI is InChI=1S/C17H16N2OS/c1-11-2-7-14-15(9-18)17(21-16(14)8-11)19-10-12-3-5-13(20)6-4-12/h3-6,10-11,20H,2,7-8H2,1H3/b19-10+/t11-/m0/s1. The van der Waals surface area contributed by atoms with Crippen LogP contribution in [0.4, 0.5) is 5.00 Å². The first-order valence-electron chi connectivity index (χ1n) is 7.05. The average Bonchev–Trinajstić information content (AvgIpc) is 2.83. The van der Waals surface area contributed by atoms with E-state index in [1.165, 1.54) is 10.4 Å². The highest BCUT2D eigenvalue weighted by Gasteiger charge is 2.23. The third-order valence-electron chi connectivity index (χ3n) is 3.83. The number of fused-ring (bicyclic) bond motifs is 1. The molecule has 1 atom stereocenters. The summed E-state index contributed by atoms with van der Waals surface area (Å²) in [6, 6.07) is 9.20. The number of aromatic hydroxyl groups is 1. The van der Waals surface area contributed by atoms with Gasteiger partial charge in [0, 0.05) is 11.1 Å². The maximum absolute atomic E-state index is 9.41. The molecule has 106 valence electrons. The zero-order valence-electron chi connectivity index (χ0n) is 11.8. The van der Waals surface area contributed by atoms with Crippen molar-refractivity contribution in [3.63, 3.8) is 0 Å². The predicted octanol–water partition coefficient (Wildman–Crippen LogP) is 4.20. The molecule has 0 spiro atoms. The van der Waals surface area contributed by atoms with Gasteiger partial charge < -0.3 is 5.11 Å². The Labute approximate surface area is 128 Å². The second kappa shape index (κ2) is 5.71. The number of phenolic OH excluding ortho intramolecular Hbond substituents is 1. The van der Waals surface area contributed by atoms with Gasteiger partial charge in [0.05, 0.1) is 5.56 Å². The van der Waals surface area contributed by atoms with Gasteiger partial charge >= 0.3 is 0 Å². The molecule has 3 nitrogen and oxygen atoms in total. The van der Waals surface area contributed by atoms with E-state index >= 15 is 0 Å². The van der Waals surface area contributed by atoms with Gasteiger partial charge in [-0.3, -0.25) is 0 Å². The van der Waals surface area contributed by atoms with Gasteiger partial charge in [-0.1, -0.05) is 6.92 Å². The van der Waals surface area contributed by atoms with Crippen molar-refractivity contribution in [3.8, 4) is 11.8 Å². The minimum absolute atomic E-state index is 0.241. The molecule has 1 aliphatic carbocycles. The van der Waals surface area contributed by atoms with Crippen LogP contribution in [0, 0.1) is 17.2 Å². The summed E-state index contributed by atoms with van der Waals surface area (Å²) in [7, 11) is 0. The van der Waals surface area contributed by atoms with Crippen LogP contribution in [-0.2, 0) is 12.8 Å². The van der Waals surface area contributed by atoms with Gasteiger partial charge in [0.1, 0.15) is 16.8 Å². The fourth-order valence-corrected chi connectivity index (χ4v) is 3.94. The van der Waals surface area contributed by atoms with Crippen LogP contribution >= 0.6 is 11.3 Å². The van der Waals surface area contributed by atoms with Crippen molar-refractivity contribution in [1.82, 2.24) is 0 Å². The zero-order valence-corrected chi connectivity index (χ0v) is 12.7. The van der Waals surface area contributed by atoms with Crippen LogP contribution in [0.2, 0.25) is 0 Å². The lowest BCUT2D eigenvalue weighted by molar-refractivity contribution is 0.475. The molecule has 1 aliphatic rings. The molecule has 1 aromatic carbocycles. The van der Waals surface area contributed by atoms with Crippen molar-refractivity contribution in [2.24, 2.45) is 10.9 Å². The third-order valence-corrected chi connectivity index (χ3v) is 4.99. The minimum Gasteiger partial charge on any atom is -0.508 e. The molecular formula is C17H16N2OS. The maximum Gasteiger partial charge on any atom is 0.134 e. The summed E-state index contributed by atoms with van der Waals surface area (Å²) in [4.78, 5) is 5.82. The molecule has 0 radical (unpaired) electrons. The smallest absolute Gasteiger partial charge is 0.134 e. The molecular weight excluding hydrogens is 280 g/mol. The number of hydrogen-bond acceptors (Lipinski definition) is 4. The Morgan fingerprint density at radius 1 is 1.38 bits per heavy atom. The maximum atomic E-state index is 9.41. The molecule has 0 saturated carbocycles. The highest BCUT2D eigenvalue weighted by molar-refractivity contribution is 7.16. The number of nitriles is 1. The SMILES string of the molecule is C[C@H]1CCc2c(sc(/N=C/c3ccc(O)cc3)c2C#N)C1. The van der Waals surface area contributed by atoms with Gasteiger partial charge in [-0.15, -0.1) is 11.3 Å². The number of nitrogens with zero attached hydrogens (tertiary/aromatic N) is 2. The number of benzene rings is 1. The van der Waals surface area contributed by atoms with Crippen molar-refractivity contribution in [2.75, 3.05) is 0 Å². The van der Waals surface area contributed by atoms with E-state index in [0.29, 0.717) is 5.92 Å². The quantitative estimate of drug-likeness (QED) is 0.844. The molecule has 0 bridgehead atoms. The Bertz CT molecular complexity index is 722. The van der Waals surface area contributed by atoms with Crippen molar-refractivity contribution in [3.05, 3.63) is 45.8 Å². The van der Waals surface area contributed by atoms with Crippen molar-refractivity contribution in [1.29, 1.82) is 5.26 Å². The summed E-state index contributed by atoms with van der Waals surface area (Å²) >= 11 is 1.64. The summed E-state index contributed by atoms with van der Waals surface area (Å²) in [6.45, 7) is 2.26. The van der Waals surface area contributed by atoms with E-state index < -0.39 is 0 Å². The van der Waals surface area contributed by atoms with Gasteiger partial charge in [0.25, 0.3) is 0 Å². The van der Waals surface area contributed by atoms with E-state index in [-0.39, 0.29) is 5.75 Å². The van der Waals surface area contributed by atoms with Crippen LogP contribution in [0.5, 0.6) is 5.75 Å². The summed E-state index contributed by atoms with van der Waals surface area (Å²) in [5.41, 5.74) is 2.87. The second-order valence-electron chi connectivity index (χ2n) is 5.49. The van der Waals surface area contributed by atoms with Crippen LogP contribution in [0.1, 0.15) is 34.9 Å². The Morgan fingerprint density at radius 2 is 2.14 bits per heavy atom. The van der Waals surface area contributed by atoms with E-state index in [9.17, 15) is 10.4 Å². The highest BCUT2D eigenvalue weighted by Crippen LogP contribution is 2.40. The number of rotatable bonds is 2.